The zero-order valence-corrected chi connectivity index (χ0v) is 33.8. The van der Waals surface area contributed by atoms with Gasteiger partial charge in [0.25, 0.3) is 5.91 Å². The van der Waals surface area contributed by atoms with E-state index >= 15 is 0 Å². The molecule has 0 saturated carbocycles. The number of aromatic hydroxyl groups is 1. The monoisotopic (exact) mass is 819 g/mol. The van der Waals surface area contributed by atoms with Crippen LogP contribution in [0.2, 0.25) is 0 Å². The molecular formula is C42H41N7O7S2. The van der Waals surface area contributed by atoms with E-state index in [0.717, 1.165) is 39.8 Å². The lowest BCUT2D eigenvalue weighted by molar-refractivity contribution is -0.122. The van der Waals surface area contributed by atoms with E-state index in [1.54, 1.807) is 23.7 Å². The second kappa shape index (κ2) is 16.2. The number of phenols is 1. The van der Waals surface area contributed by atoms with E-state index in [1.807, 2.05) is 68.4 Å². The molecule has 0 radical (unpaired) electrons. The van der Waals surface area contributed by atoms with Gasteiger partial charge >= 0.3 is 0 Å². The minimum Gasteiger partial charge on any atom is -0.508 e. The van der Waals surface area contributed by atoms with Crippen LogP contribution in [0.3, 0.4) is 0 Å². The van der Waals surface area contributed by atoms with Gasteiger partial charge in [0.1, 0.15) is 22.9 Å². The number of sulfonamides is 1. The topological polar surface area (TPSA) is 185 Å². The van der Waals surface area contributed by atoms with E-state index in [4.69, 9.17) is 19.8 Å². The third kappa shape index (κ3) is 8.63. The van der Waals surface area contributed by atoms with Gasteiger partial charge in [0.15, 0.2) is 11.9 Å². The number of amides is 1. The summed E-state index contributed by atoms with van der Waals surface area (Å²) in [7, 11) is -7.10. The van der Waals surface area contributed by atoms with E-state index in [1.165, 1.54) is 48.5 Å². The molecule has 0 bridgehead atoms. The number of ether oxygens (including phenoxy) is 1. The Labute approximate surface area is 336 Å². The van der Waals surface area contributed by atoms with Crippen LogP contribution >= 0.6 is 0 Å². The number of hydrogen-bond acceptors (Lipinski definition) is 11. The number of nitrogens with one attached hydrogen (secondary N) is 2. The maximum Gasteiger partial charge on any atom is 0.265 e. The zero-order valence-electron chi connectivity index (χ0n) is 32.1. The van der Waals surface area contributed by atoms with Gasteiger partial charge in [0, 0.05) is 36.6 Å². The number of benzene rings is 5. The third-order valence-corrected chi connectivity index (χ3v) is 12.0. The van der Waals surface area contributed by atoms with Crippen LogP contribution in [-0.2, 0) is 24.7 Å². The van der Waals surface area contributed by atoms with Crippen molar-refractivity contribution in [2.45, 2.75) is 36.7 Å². The summed E-state index contributed by atoms with van der Waals surface area (Å²) in [4.78, 5) is 25.3. The fraction of sp³-hybridized carbons (Fsp3) is 0.190. The highest BCUT2D eigenvalue weighted by molar-refractivity contribution is 7.91. The Morgan fingerprint density at radius 1 is 0.914 bits per heavy atom. The highest BCUT2D eigenvalue weighted by Crippen LogP contribution is 2.30. The van der Waals surface area contributed by atoms with E-state index in [-0.39, 0.29) is 22.1 Å². The van der Waals surface area contributed by atoms with Gasteiger partial charge in [-0.15, -0.1) is 0 Å². The van der Waals surface area contributed by atoms with Crippen LogP contribution in [0.5, 0.6) is 11.5 Å². The predicted molar refractivity (Wildman–Crippen MR) is 225 cm³/mol. The summed E-state index contributed by atoms with van der Waals surface area (Å²) < 4.78 is 59.3. The standard InChI is InChI=1S/C42H41N7O7S2/c1-5-48(25-24-43-57(4,52)53)31-14-23-36(27(2)26-31)45-40-39(47-49-38-9-7-6-8-37(38)46-41(40)49)29-10-12-30(13-11-29)44-42(51)28(3)56-33-17-21-35(22-18-33)58(54,55)34-19-15-32(50)16-20-34/h6-23,26,28,43,50H,5,24-25H2,1-4H3,(H,44,51)/b45-40-. The van der Waals surface area contributed by atoms with Gasteiger partial charge in [-0.1, -0.05) is 24.3 Å². The molecule has 298 valence electrons. The Balaban J connectivity index is 1.07. The van der Waals surface area contributed by atoms with Crippen molar-refractivity contribution in [3.8, 4) is 11.5 Å². The normalized spacial score (nSPS) is 13.9. The molecule has 0 spiro atoms. The van der Waals surface area contributed by atoms with E-state index in [9.17, 15) is 26.7 Å². The lowest BCUT2D eigenvalue weighted by Gasteiger charge is -2.24. The molecule has 1 aromatic heterocycles. The van der Waals surface area contributed by atoms with E-state index in [0.29, 0.717) is 41.8 Å². The summed E-state index contributed by atoms with van der Waals surface area (Å²) in [6.07, 6.45) is 0.233. The van der Waals surface area contributed by atoms with Crippen LogP contribution in [0.1, 0.15) is 30.8 Å². The number of sulfone groups is 1. The molecule has 1 unspecified atom stereocenters. The van der Waals surface area contributed by atoms with Crippen molar-refractivity contribution in [3.05, 3.63) is 132 Å². The number of likely N-dealkylation sites (N-methyl/N-ethyl adjacent to an activating group) is 1. The Morgan fingerprint density at radius 3 is 2.24 bits per heavy atom. The average Bonchev–Trinajstić information content (AvgIpc) is 3.74. The summed E-state index contributed by atoms with van der Waals surface area (Å²) in [6, 6.07) is 31.9. The maximum atomic E-state index is 13.2. The summed E-state index contributed by atoms with van der Waals surface area (Å²) >= 11 is 0. The van der Waals surface area contributed by atoms with Crippen LogP contribution in [0, 0.1) is 6.92 Å². The van der Waals surface area contributed by atoms with Crippen LogP contribution in [0.25, 0.3) is 11.0 Å². The number of rotatable bonds is 14. The van der Waals surface area contributed by atoms with E-state index < -0.39 is 31.9 Å². The smallest absolute Gasteiger partial charge is 0.265 e. The first-order valence-corrected chi connectivity index (χ1v) is 21.8. The van der Waals surface area contributed by atoms with Gasteiger partial charge in [-0.25, -0.2) is 36.2 Å². The van der Waals surface area contributed by atoms with Gasteiger partial charge in [0.05, 0.1) is 32.8 Å². The van der Waals surface area contributed by atoms with Crippen molar-refractivity contribution >= 4 is 65.3 Å². The minimum atomic E-state index is -3.81. The van der Waals surface area contributed by atoms with Crippen molar-refractivity contribution in [3.63, 3.8) is 0 Å². The van der Waals surface area contributed by atoms with Crippen molar-refractivity contribution < 1.29 is 31.5 Å². The second-order valence-electron chi connectivity index (χ2n) is 13.7. The molecule has 0 saturated heterocycles. The Hall–Kier alpha value is -6.36. The molecule has 6 aromatic rings. The Kier molecular flexibility index (Phi) is 11.2. The van der Waals surface area contributed by atoms with E-state index in [2.05, 4.69) is 14.9 Å². The van der Waals surface area contributed by atoms with Gasteiger partial charge in [-0.2, -0.15) is 5.10 Å². The number of aryl methyl sites for hydroxylation is 1. The number of aromatic nitrogens is 2. The number of carbonyl (C=O) groups is 1. The van der Waals surface area contributed by atoms with Gasteiger partial charge in [0.2, 0.25) is 19.9 Å². The molecule has 3 N–H and O–H groups in total. The third-order valence-electron chi connectivity index (χ3n) is 9.47. The number of phenolic OH excluding ortho intramolecular Hbond substituents is 1. The highest BCUT2D eigenvalue weighted by Gasteiger charge is 2.29. The van der Waals surface area contributed by atoms with Crippen LogP contribution < -0.4 is 19.7 Å². The molecular weight excluding hydrogens is 779 g/mol. The summed E-state index contributed by atoms with van der Waals surface area (Å²) in [5.74, 6) is 0.461. The molecule has 0 aliphatic carbocycles. The summed E-state index contributed by atoms with van der Waals surface area (Å²) in [6.45, 7) is 7.06. The molecule has 0 fully saturated rings. The lowest BCUT2D eigenvalue weighted by Crippen LogP contribution is -2.34. The lowest BCUT2D eigenvalue weighted by atomic mass is 10.0. The molecule has 58 heavy (non-hydrogen) atoms. The number of para-hydroxylation sites is 2. The predicted octanol–water partition coefficient (Wildman–Crippen LogP) is 6.05. The fourth-order valence-corrected chi connectivity index (χ4v) is 8.13. The first kappa shape index (κ1) is 39.9. The quantitative estimate of drug-likeness (QED) is 0.118. The first-order chi connectivity index (χ1) is 27.7. The van der Waals surface area contributed by atoms with Gasteiger partial charge in [-0.05, 0) is 117 Å². The SMILES string of the molecule is CCN(CCNS(C)(=O)=O)c1ccc(/N=C2/C(c3ccc(NC(=O)C(C)Oc4ccc(S(=O)(=O)c5ccc(O)cc5)cc4)cc3)=Nn3c2nc2ccccc23)c(C)c1. The number of anilines is 2. The highest BCUT2D eigenvalue weighted by atomic mass is 32.2. The molecule has 2 heterocycles. The van der Waals surface area contributed by atoms with Crippen molar-refractivity contribution in [2.24, 2.45) is 10.1 Å². The number of nitrogens with zero attached hydrogens (tertiary/aromatic N) is 5. The average molecular weight is 820 g/mol. The van der Waals surface area contributed by atoms with Crippen LogP contribution in [0.4, 0.5) is 17.1 Å². The molecule has 5 aromatic carbocycles. The molecule has 14 nitrogen and oxygen atoms in total. The van der Waals surface area contributed by atoms with Crippen molar-refractivity contribution in [1.29, 1.82) is 0 Å². The van der Waals surface area contributed by atoms with Crippen molar-refractivity contribution in [2.75, 3.05) is 36.1 Å². The van der Waals surface area contributed by atoms with Gasteiger partial charge in [-0.3, -0.25) is 4.79 Å². The van der Waals surface area contributed by atoms with Gasteiger partial charge < -0.3 is 20.1 Å². The van der Waals surface area contributed by atoms with Crippen molar-refractivity contribution in [1.82, 2.24) is 14.4 Å². The second-order valence-corrected chi connectivity index (χ2v) is 17.4. The summed E-state index contributed by atoms with van der Waals surface area (Å²) in [5.41, 5.74) is 6.66. The number of hydrogen-bond donors (Lipinski definition) is 3. The number of fused-ring (bicyclic) bond motifs is 3. The molecule has 1 aliphatic heterocycles. The minimum absolute atomic E-state index is 0.0363. The molecule has 1 amide bonds. The molecule has 16 heteroatoms. The largest absolute Gasteiger partial charge is 0.508 e. The maximum absolute atomic E-state index is 13.2. The zero-order chi connectivity index (χ0) is 41.2. The first-order valence-electron chi connectivity index (χ1n) is 18.4. The Bertz CT molecular complexity index is 2780. The van der Waals surface area contributed by atoms with Crippen LogP contribution in [-0.4, -0.2) is 80.9 Å². The number of carbonyl (C=O) groups excluding carboxylic acids is 1. The summed E-state index contributed by atoms with van der Waals surface area (Å²) in [5, 5.41) is 17.3. The molecule has 7 rings (SSSR count). The fourth-order valence-electron chi connectivity index (χ4n) is 6.41. The number of imidazole rings is 1. The number of aliphatic imine (C=N–C) groups is 1. The molecule has 1 aliphatic rings. The molecule has 1 atom stereocenters. The Morgan fingerprint density at radius 2 is 1.59 bits per heavy atom. The van der Waals surface area contributed by atoms with Crippen LogP contribution in [0.15, 0.2) is 135 Å².